The Bertz CT molecular complexity index is 1260. The lowest BCUT2D eigenvalue weighted by Gasteiger charge is -2.35. The number of aromatic nitrogens is 1. The molecule has 0 spiro atoms. The maximum Gasteiger partial charge on any atom is 0.298 e. The van der Waals surface area contributed by atoms with Gasteiger partial charge in [0.25, 0.3) is 6.01 Å². The number of rotatable bonds is 8. The number of fused-ring (bicyclic) bond motifs is 1. The maximum atomic E-state index is 5.97. The molecule has 2 heterocycles. The lowest BCUT2D eigenvalue weighted by atomic mass is 10.0. The Hall–Kier alpha value is -3.87. The first-order valence-electron chi connectivity index (χ1n) is 12.2. The fourth-order valence-corrected chi connectivity index (χ4v) is 4.49. The van der Waals surface area contributed by atoms with E-state index in [9.17, 15) is 0 Å². The van der Waals surface area contributed by atoms with Gasteiger partial charge in [-0.05, 0) is 34.9 Å². The average Bonchev–Trinajstić information content (AvgIpc) is 3.36. The Morgan fingerprint density at radius 2 is 1.50 bits per heavy atom. The number of likely N-dealkylation sites (N-methyl/N-ethyl adjacent to an activating group) is 1. The van der Waals surface area contributed by atoms with Crippen LogP contribution in [-0.4, -0.2) is 66.6 Å². The summed E-state index contributed by atoms with van der Waals surface area (Å²) in [6, 6.07) is 29.6. The Morgan fingerprint density at radius 3 is 2.17 bits per heavy atom. The van der Waals surface area contributed by atoms with Crippen LogP contribution >= 0.6 is 0 Å². The van der Waals surface area contributed by atoms with Gasteiger partial charge in [-0.2, -0.15) is 4.98 Å². The number of nitrogens with zero attached hydrogens (tertiary/aromatic N) is 4. The molecule has 1 aromatic heterocycles. The standard InChI is InChI=1S/C30H32N4O.H2O/c1-24(25-11-5-3-6-12-25)23-28(26-13-7-4-8-14-26)32(2)17-18-33-19-21-34(22-20-33)30-31-27-15-9-10-16-29(27)35-30;/h3-16,23H,1,17-22H2,2H3;1H2/b28-23-;. The third-order valence-corrected chi connectivity index (χ3v) is 6.61. The molecule has 5 rings (SSSR count). The Morgan fingerprint density at radius 1 is 0.889 bits per heavy atom. The van der Waals surface area contributed by atoms with E-state index >= 15 is 0 Å². The zero-order chi connectivity index (χ0) is 24.0. The molecule has 2 N–H and O–H groups in total. The zero-order valence-corrected chi connectivity index (χ0v) is 20.8. The summed E-state index contributed by atoms with van der Waals surface area (Å²) in [5.74, 6) is 0. The van der Waals surface area contributed by atoms with Crippen molar-refractivity contribution in [2.45, 2.75) is 0 Å². The summed E-state index contributed by atoms with van der Waals surface area (Å²) >= 11 is 0. The topological polar surface area (TPSA) is 67.2 Å². The Labute approximate surface area is 213 Å². The quantitative estimate of drug-likeness (QED) is 0.337. The SMILES string of the molecule is C=C(/C=C(/c1ccccc1)N(C)CCN1CCN(c2nc3ccccc3o2)CC1)c1ccccc1.O. The van der Waals surface area contributed by atoms with Crippen LogP contribution in [-0.2, 0) is 0 Å². The summed E-state index contributed by atoms with van der Waals surface area (Å²) in [5, 5.41) is 0. The van der Waals surface area contributed by atoms with Gasteiger partial charge >= 0.3 is 0 Å². The van der Waals surface area contributed by atoms with Crippen LogP contribution in [0.1, 0.15) is 11.1 Å². The van der Waals surface area contributed by atoms with Crippen molar-refractivity contribution in [1.82, 2.24) is 14.8 Å². The van der Waals surface area contributed by atoms with E-state index in [1.807, 2.05) is 30.3 Å². The first kappa shape index (κ1) is 25.2. The van der Waals surface area contributed by atoms with Crippen molar-refractivity contribution in [3.63, 3.8) is 0 Å². The lowest BCUT2D eigenvalue weighted by Crippen LogP contribution is -2.48. The highest BCUT2D eigenvalue weighted by Crippen LogP contribution is 2.25. The summed E-state index contributed by atoms with van der Waals surface area (Å²) in [4.78, 5) is 11.8. The van der Waals surface area contributed by atoms with Crippen molar-refractivity contribution in [2.75, 3.05) is 51.2 Å². The molecule has 0 amide bonds. The van der Waals surface area contributed by atoms with Crippen molar-refractivity contribution in [3.05, 3.63) is 109 Å². The smallest absolute Gasteiger partial charge is 0.298 e. The largest absolute Gasteiger partial charge is 0.423 e. The van der Waals surface area contributed by atoms with E-state index < -0.39 is 0 Å². The maximum absolute atomic E-state index is 5.97. The molecule has 1 fully saturated rings. The van der Waals surface area contributed by atoms with E-state index in [4.69, 9.17) is 4.42 Å². The van der Waals surface area contributed by atoms with E-state index in [0.29, 0.717) is 0 Å². The van der Waals surface area contributed by atoms with E-state index in [-0.39, 0.29) is 5.48 Å². The molecule has 1 aliphatic rings. The number of oxazole rings is 1. The van der Waals surface area contributed by atoms with Crippen molar-refractivity contribution in [2.24, 2.45) is 0 Å². The van der Waals surface area contributed by atoms with Crippen LogP contribution in [0.4, 0.5) is 6.01 Å². The monoisotopic (exact) mass is 482 g/mol. The molecule has 1 aliphatic heterocycles. The molecular weight excluding hydrogens is 448 g/mol. The third-order valence-electron chi connectivity index (χ3n) is 6.61. The molecule has 3 aromatic carbocycles. The number of anilines is 1. The summed E-state index contributed by atoms with van der Waals surface area (Å²) in [5.41, 5.74) is 6.32. The van der Waals surface area contributed by atoms with Gasteiger partial charge in [0.05, 0.1) is 0 Å². The minimum Gasteiger partial charge on any atom is -0.423 e. The molecule has 36 heavy (non-hydrogen) atoms. The summed E-state index contributed by atoms with van der Waals surface area (Å²) in [6.07, 6.45) is 2.20. The van der Waals surface area contributed by atoms with Crippen LogP contribution in [0.5, 0.6) is 0 Å². The van der Waals surface area contributed by atoms with Crippen molar-refractivity contribution >= 4 is 28.4 Å². The minimum absolute atomic E-state index is 0. The van der Waals surface area contributed by atoms with E-state index in [2.05, 4.69) is 94.0 Å². The first-order valence-corrected chi connectivity index (χ1v) is 12.2. The Kier molecular flexibility index (Phi) is 8.21. The van der Waals surface area contributed by atoms with Gasteiger partial charge in [-0.25, -0.2) is 0 Å². The van der Waals surface area contributed by atoms with Crippen molar-refractivity contribution in [1.29, 1.82) is 0 Å². The number of para-hydroxylation sites is 2. The van der Waals surface area contributed by atoms with Crippen LogP contribution in [0.15, 0.2) is 102 Å². The second-order valence-electron chi connectivity index (χ2n) is 9.00. The molecule has 0 atom stereocenters. The molecule has 186 valence electrons. The fraction of sp³-hybridized carbons (Fsp3) is 0.233. The van der Waals surface area contributed by atoms with E-state index in [0.717, 1.165) is 67.5 Å². The third kappa shape index (κ3) is 5.85. The predicted molar refractivity (Wildman–Crippen MR) is 149 cm³/mol. The van der Waals surface area contributed by atoms with Gasteiger partial charge in [0.15, 0.2) is 5.58 Å². The zero-order valence-electron chi connectivity index (χ0n) is 20.8. The van der Waals surface area contributed by atoms with E-state index in [1.54, 1.807) is 0 Å². The molecule has 4 aromatic rings. The van der Waals surface area contributed by atoms with Crippen LogP contribution in [0.2, 0.25) is 0 Å². The molecule has 0 unspecified atom stereocenters. The van der Waals surface area contributed by atoms with Gasteiger partial charge in [-0.1, -0.05) is 79.4 Å². The summed E-state index contributed by atoms with van der Waals surface area (Å²) in [6.45, 7) is 10.1. The second-order valence-corrected chi connectivity index (χ2v) is 9.00. The van der Waals surface area contributed by atoms with Crippen LogP contribution in [0.3, 0.4) is 0 Å². The van der Waals surface area contributed by atoms with Crippen molar-refractivity contribution in [3.8, 4) is 0 Å². The number of piperazine rings is 1. The highest BCUT2D eigenvalue weighted by molar-refractivity contribution is 5.82. The molecular formula is C30H34N4O2. The molecule has 0 bridgehead atoms. The van der Waals surface area contributed by atoms with Gasteiger partial charge < -0.3 is 19.7 Å². The number of allylic oxidation sites excluding steroid dienone is 2. The van der Waals surface area contributed by atoms with Crippen molar-refractivity contribution < 1.29 is 9.89 Å². The first-order chi connectivity index (χ1) is 17.2. The predicted octanol–water partition coefficient (Wildman–Crippen LogP) is 4.81. The van der Waals surface area contributed by atoms with Gasteiger partial charge in [-0.3, -0.25) is 4.90 Å². The number of hydrogen-bond donors (Lipinski definition) is 0. The second kappa shape index (κ2) is 11.7. The normalized spacial score (nSPS) is 14.5. The molecule has 0 aliphatic carbocycles. The van der Waals surface area contributed by atoms with Gasteiger partial charge in [0, 0.05) is 52.0 Å². The molecule has 6 heteroatoms. The van der Waals surface area contributed by atoms with Gasteiger partial charge in [0.2, 0.25) is 0 Å². The number of hydrogen-bond acceptors (Lipinski definition) is 5. The average molecular weight is 483 g/mol. The van der Waals surface area contributed by atoms with Crippen LogP contribution < -0.4 is 4.90 Å². The summed E-state index contributed by atoms with van der Waals surface area (Å²) < 4.78 is 5.97. The number of benzene rings is 3. The van der Waals surface area contributed by atoms with E-state index in [1.165, 1.54) is 11.3 Å². The van der Waals surface area contributed by atoms with Crippen LogP contribution in [0, 0.1) is 0 Å². The lowest BCUT2D eigenvalue weighted by molar-refractivity contribution is 0.236. The molecule has 0 radical (unpaired) electrons. The van der Waals surface area contributed by atoms with Gasteiger partial charge in [-0.15, -0.1) is 0 Å². The Balaban J connectivity index is 0.00000304. The fourth-order valence-electron chi connectivity index (χ4n) is 4.49. The summed E-state index contributed by atoms with van der Waals surface area (Å²) in [7, 11) is 2.17. The van der Waals surface area contributed by atoms with Crippen LogP contribution in [0.25, 0.3) is 22.4 Å². The highest BCUT2D eigenvalue weighted by Gasteiger charge is 2.21. The molecule has 6 nitrogen and oxygen atoms in total. The molecule has 1 saturated heterocycles. The minimum atomic E-state index is 0. The molecule has 0 saturated carbocycles. The van der Waals surface area contributed by atoms with Gasteiger partial charge in [0.1, 0.15) is 5.52 Å². The highest BCUT2D eigenvalue weighted by atomic mass is 16.4.